The molecule has 0 unspecified atom stereocenters. The van der Waals surface area contributed by atoms with Crippen LogP contribution in [0.5, 0.6) is 0 Å². The van der Waals surface area contributed by atoms with Crippen LogP contribution in [0.15, 0.2) is 24.3 Å². The van der Waals surface area contributed by atoms with Gasteiger partial charge >= 0.3 is 0 Å². The standard InChI is InChI=1S/C14H20N2/c15-12-5-4-6-13(9-12)16-10-14(11-16)7-2-1-3-8-14/h4-6,9H,1-3,7-8,10-11,15H2. The summed E-state index contributed by atoms with van der Waals surface area (Å²) in [6.45, 7) is 2.49. The highest BCUT2D eigenvalue weighted by Gasteiger charge is 2.43. The van der Waals surface area contributed by atoms with Crippen molar-refractivity contribution in [2.45, 2.75) is 32.1 Å². The van der Waals surface area contributed by atoms with Crippen molar-refractivity contribution >= 4 is 11.4 Å². The minimum Gasteiger partial charge on any atom is -0.399 e. The molecule has 0 aromatic heterocycles. The Morgan fingerprint density at radius 3 is 2.50 bits per heavy atom. The van der Waals surface area contributed by atoms with E-state index < -0.39 is 0 Å². The predicted molar refractivity (Wildman–Crippen MR) is 68.6 cm³/mol. The fourth-order valence-corrected chi connectivity index (χ4v) is 3.29. The molecular formula is C14H20N2. The highest BCUT2D eigenvalue weighted by molar-refractivity contribution is 5.57. The lowest BCUT2D eigenvalue weighted by Crippen LogP contribution is -2.57. The smallest absolute Gasteiger partial charge is 0.0387 e. The van der Waals surface area contributed by atoms with Gasteiger partial charge in [0.05, 0.1) is 0 Å². The normalized spacial score (nSPS) is 23.1. The molecule has 16 heavy (non-hydrogen) atoms. The van der Waals surface area contributed by atoms with E-state index in [9.17, 15) is 0 Å². The summed E-state index contributed by atoms with van der Waals surface area (Å²) < 4.78 is 0. The number of anilines is 2. The van der Waals surface area contributed by atoms with E-state index in [1.54, 1.807) is 0 Å². The molecule has 0 atom stereocenters. The Hall–Kier alpha value is -1.18. The molecule has 2 N–H and O–H groups in total. The van der Waals surface area contributed by atoms with Crippen molar-refractivity contribution in [3.8, 4) is 0 Å². The topological polar surface area (TPSA) is 29.3 Å². The quantitative estimate of drug-likeness (QED) is 0.731. The molecule has 0 amide bonds. The van der Waals surface area contributed by atoms with Gasteiger partial charge < -0.3 is 10.6 Å². The number of nitrogens with zero attached hydrogens (tertiary/aromatic N) is 1. The Labute approximate surface area is 97.4 Å². The molecular weight excluding hydrogens is 196 g/mol. The molecule has 2 aliphatic rings. The molecule has 86 valence electrons. The van der Waals surface area contributed by atoms with Crippen molar-refractivity contribution in [1.29, 1.82) is 0 Å². The molecule has 0 radical (unpaired) electrons. The van der Waals surface area contributed by atoms with Crippen molar-refractivity contribution in [1.82, 2.24) is 0 Å². The van der Waals surface area contributed by atoms with E-state index >= 15 is 0 Å². The van der Waals surface area contributed by atoms with Crippen molar-refractivity contribution in [3.05, 3.63) is 24.3 Å². The van der Waals surface area contributed by atoms with Crippen LogP contribution in [0, 0.1) is 5.41 Å². The maximum atomic E-state index is 5.82. The predicted octanol–water partition coefficient (Wildman–Crippen LogP) is 3.04. The lowest BCUT2D eigenvalue weighted by Gasteiger charge is -2.53. The molecule has 1 saturated heterocycles. The van der Waals surface area contributed by atoms with Gasteiger partial charge in [0.2, 0.25) is 0 Å². The summed E-state index contributed by atoms with van der Waals surface area (Å²) >= 11 is 0. The second-order valence-corrected chi connectivity index (χ2v) is 5.51. The van der Waals surface area contributed by atoms with E-state index in [0.29, 0.717) is 5.41 Å². The first-order chi connectivity index (χ1) is 7.77. The van der Waals surface area contributed by atoms with Crippen LogP contribution in [0.2, 0.25) is 0 Å². The van der Waals surface area contributed by atoms with Gasteiger partial charge in [0.15, 0.2) is 0 Å². The molecule has 0 bridgehead atoms. The molecule has 1 aromatic carbocycles. The Bertz CT molecular complexity index is 372. The molecule has 1 aromatic rings. The van der Waals surface area contributed by atoms with Gasteiger partial charge in [0.1, 0.15) is 0 Å². The Morgan fingerprint density at radius 2 is 1.81 bits per heavy atom. The van der Waals surface area contributed by atoms with Gasteiger partial charge in [0, 0.05) is 29.9 Å². The molecule has 2 heteroatoms. The van der Waals surface area contributed by atoms with Crippen molar-refractivity contribution in [2.24, 2.45) is 5.41 Å². The maximum absolute atomic E-state index is 5.82. The van der Waals surface area contributed by atoms with Crippen LogP contribution < -0.4 is 10.6 Å². The fourth-order valence-electron chi connectivity index (χ4n) is 3.29. The van der Waals surface area contributed by atoms with Crippen LogP contribution in [0.1, 0.15) is 32.1 Å². The van der Waals surface area contributed by atoms with E-state index in [2.05, 4.69) is 23.1 Å². The van der Waals surface area contributed by atoms with Gasteiger partial charge in [-0.05, 0) is 31.0 Å². The van der Waals surface area contributed by atoms with E-state index in [0.717, 1.165) is 5.69 Å². The summed E-state index contributed by atoms with van der Waals surface area (Å²) in [5, 5.41) is 0. The van der Waals surface area contributed by atoms with Crippen LogP contribution in [-0.4, -0.2) is 13.1 Å². The second-order valence-electron chi connectivity index (χ2n) is 5.51. The summed E-state index contributed by atoms with van der Waals surface area (Å²) in [6.07, 6.45) is 7.19. The molecule has 2 fully saturated rings. The maximum Gasteiger partial charge on any atom is 0.0387 e. The largest absolute Gasteiger partial charge is 0.399 e. The second kappa shape index (κ2) is 3.69. The van der Waals surface area contributed by atoms with Crippen molar-refractivity contribution < 1.29 is 0 Å². The average Bonchev–Trinajstić information content (AvgIpc) is 2.27. The van der Waals surface area contributed by atoms with E-state index in [1.165, 1.54) is 50.9 Å². The number of rotatable bonds is 1. The number of hydrogen-bond acceptors (Lipinski definition) is 2. The summed E-state index contributed by atoms with van der Waals surface area (Å²) in [5.41, 5.74) is 8.65. The molecule has 1 aliphatic carbocycles. The summed E-state index contributed by atoms with van der Waals surface area (Å²) in [5.74, 6) is 0. The lowest BCUT2D eigenvalue weighted by molar-refractivity contribution is 0.139. The minimum absolute atomic E-state index is 0.656. The third-order valence-corrected chi connectivity index (χ3v) is 4.20. The first-order valence-electron chi connectivity index (χ1n) is 6.38. The number of nitrogen functional groups attached to an aromatic ring is 1. The summed E-state index contributed by atoms with van der Waals surface area (Å²) in [6, 6.07) is 8.28. The highest BCUT2D eigenvalue weighted by Crippen LogP contribution is 2.45. The minimum atomic E-state index is 0.656. The van der Waals surface area contributed by atoms with Crippen LogP contribution in [0.3, 0.4) is 0 Å². The molecule has 1 heterocycles. The lowest BCUT2D eigenvalue weighted by atomic mass is 9.68. The molecule has 1 aliphatic heterocycles. The van der Waals surface area contributed by atoms with Gasteiger partial charge in [0.25, 0.3) is 0 Å². The van der Waals surface area contributed by atoms with Gasteiger partial charge in [-0.2, -0.15) is 0 Å². The number of benzene rings is 1. The molecule has 2 nitrogen and oxygen atoms in total. The zero-order chi connectivity index (χ0) is 11.0. The fraction of sp³-hybridized carbons (Fsp3) is 0.571. The van der Waals surface area contributed by atoms with E-state index in [4.69, 9.17) is 5.73 Å². The van der Waals surface area contributed by atoms with E-state index in [1.807, 2.05) is 6.07 Å². The zero-order valence-electron chi connectivity index (χ0n) is 9.78. The molecule has 3 rings (SSSR count). The Balaban J connectivity index is 1.68. The van der Waals surface area contributed by atoms with Gasteiger partial charge in [-0.3, -0.25) is 0 Å². The van der Waals surface area contributed by atoms with Gasteiger partial charge in [-0.15, -0.1) is 0 Å². The van der Waals surface area contributed by atoms with Gasteiger partial charge in [-0.25, -0.2) is 0 Å². The monoisotopic (exact) mass is 216 g/mol. The van der Waals surface area contributed by atoms with E-state index in [-0.39, 0.29) is 0 Å². The first kappa shape index (κ1) is 10.0. The van der Waals surface area contributed by atoms with Crippen LogP contribution in [-0.2, 0) is 0 Å². The van der Waals surface area contributed by atoms with Crippen LogP contribution in [0.25, 0.3) is 0 Å². The third kappa shape index (κ3) is 1.66. The van der Waals surface area contributed by atoms with Gasteiger partial charge in [-0.1, -0.05) is 25.3 Å². The number of nitrogens with two attached hydrogens (primary N) is 1. The van der Waals surface area contributed by atoms with Crippen molar-refractivity contribution in [2.75, 3.05) is 23.7 Å². The summed E-state index contributed by atoms with van der Waals surface area (Å²) in [7, 11) is 0. The van der Waals surface area contributed by atoms with Crippen LogP contribution in [0.4, 0.5) is 11.4 Å². The first-order valence-corrected chi connectivity index (χ1v) is 6.38. The Kier molecular flexibility index (Phi) is 2.31. The average molecular weight is 216 g/mol. The number of hydrogen-bond donors (Lipinski definition) is 1. The van der Waals surface area contributed by atoms with Crippen molar-refractivity contribution in [3.63, 3.8) is 0 Å². The van der Waals surface area contributed by atoms with Crippen LogP contribution >= 0.6 is 0 Å². The molecule has 1 spiro atoms. The SMILES string of the molecule is Nc1cccc(N2CC3(CCCCC3)C2)c1. The Morgan fingerprint density at radius 1 is 1.06 bits per heavy atom. The third-order valence-electron chi connectivity index (χ3n) is 4.20. The molecule has 1 saturated carbocycles. The zero-order valence-corrected chi connectivity index (χ0v) is 9.78. The summed E-state index contributed by atoms with van der Waals surface area (Å²) in [4.78, 5) is 2.47. The highest BCUT2D eigenvalue weighted by atomic mass is 15.2.